The van der Waals surface area contributed by atoms with Crippen molar-refractivity contribution in [3.8, 4) is 11.4 Å². The largest absolute Gasteiger partial charge is 0.357 e. The van der Waals surface area contributed by atoms with Gasteiger partial charge in [-0.05, 0) is 44.0 Å². The molecule has 1 saturated heterocycles. The van der Waals surface area contributed by atoms with Gasteiger partial charge >= 0.3 is 0 Å². The first-order chi connectivity index (χ1) is 13.7. The number of hydrogen-bond donors (Lipinski definition) is 2. The molecule has 1 aromatic carbocycles. The van der Waals surface area contributed by atoms with Crippen molar-refractivity contribution in [3.63, 3.8) is 0 Å². The Balaban J connectivity index is 0.00000300. The second kappa shape index (κ2) is 12.0. The lowest BCUT2D eigenvalue weighted by Gasteiger charge is -2.15. The quantitative estimate of drug-likeness (QED) is 0.323. The van der Waals surface area contributed by atoms with Crippen molar-refractivity contribution in [1.82, 2.24) is 25.7 Å². The number of aliphatic imine (C=N–C) groups is 1. The molecule has 10 heteroatoms. The van der Waals surface area contributed by atoms with E-state index in [9.17, 15) is 4.79 Å². The molecule has 1 aromatic heterocycles. The van der Waals surface area contributed by atoms with Crippen LogP contribution in [0.25, 0.3) is 11.4 Å². The Bertz CT molecular complexity index is 805. The maximum atomic E-state index is 12.1. The van der Waals surface area contributed by atoms with Crippen molar-refractivity contribution in [3.05, 3.63) is 35.2 Å². The van der Waals surface area contributed by atoms with Crippen LogP contribution in [0.5, 0.6) is 0 Å². The van der Waals surface area contributed by atoms with Crippen molar-refractivity contribution in [2.75, 3.05) is 32.7 Å². The second-order valence-electron chi connectivity index (χ2n) is 6.48. The Morgan fingerprint density at radius 2 is 1.97 bits per heavy atom. The first-order valence-corrected chi connectivity index (χ1v) is 9.92. The van der Waals surface area contributed by atoms with E-state index in [0.29, 0.717) is 42.2 Å². The predicted molar refractivity (Wildman–Crippen MR) is 124 cm³/mol. The van der Waals surface area contributed by atoms with Crippen LogP contribution in [0.2, 0.25) is 5.02 Å². The molecule has 3 rings (SSSR count). The van der Waals surface area contributed by atoms with Crippen LogP contribution in [0.3, 0.4) is 0 Å². The third-order valence-corrected chi connectivity index (χ3v) is 4.63. The van der Waals surface area contributed by atoms with E-state index in [2.05, 4.69) is 25.8 Å². The zero-order valence-corrected chi connectivity index (χ0v) is 19.4. The molecule has 0 saturated carbocycles. The van der Waals surface area contributed by atoms with Crippen LogP contribution < -0.4 is 10.6 Å². The molecule has 8 nitrogen and oxygen atoms in total. The first-order valence-electron chi connectivity index (χ1n) is 9.54. The average Bonchev–Trinajstić information content (AvgIpc) is 3.39. The summed E-state index contributed by atoms with van der Waals surface area (Å²) in [4.78, 5) is 22.8. The highest BCUT2D eigenvalue weighted by molar-refractivity contribution is 14.0. The molecule has 1 aliphatic rings. The van der Waals surface area contributed by atoms with E-state index in [-0.39, 0.29) is 36.4 Å². The molecule has 1 aliphatic heterocycles. The summed E-state index contributed by atoms with van der Waals surface area (Å²) in [5.41, 5.74) is 0.850. The van der Waals surface area contributed by atoms with Gasteiger partial charge in [-0.3, -0.25) is 4.79 Å². The summed E-state index contributed by atoms with van der Waals surface area (Å²) >= 11 is 5.90. The fraction of sp³-hybridized carbons (Fsp3) is 0.474. The van der Waals surface area contributed by atoms with Crippen LogP contribution in [0.4, 0.5) is 0 Å². The lowest BCUT2D eigenvalue weighted by Crippen LogP contribution is -2.39. The van der Waals surface area contributed by atoms with Crippen LogP contribution in [0.15, 0.2) is 33.8 Å². The molecule has 1 amide bonds. The highest BCUT2D eigenvalue weighted by atomic mass is 127. The summed E-state index contributed by atoms with van der Waals surface area (Å²) in [6.07, 6.45) is 2.71. The van der Waals surface area contributed by atoms with Crippen LogP contribution in [0, 0.1) is 0 Å². The Morgan fingerprint density at radius 3 is 2.66 bits per heavy atom. The fourth-order valence-electron chi connectivity index (χ4n) is 2.92. The minimum absolute atomic E-state index is 0. The van der Waals surface area contributed by atoms with E-state index in [1.54, 1.807) is 12.1 Å². The highest BCUT2D eigenvalue weighted by Crippen LogP contribution is 2.18. The summed E-state index contributed by atoms with van der Waals surface area (Å²) in [6.45, 7) is 5.08. The van der Waals surface area contributed by atoms with Crippen molar-refractivity contribution in [2.45, 2.75) is 26.2 Å². The molecule has 29 heavy (non-hydrogen) atoms. The van der Waals surface area contributed by atoms with Crippen molar-refractivity contribution in [1.29, 1.82) is 0 Å². The molecule has 158 valence electrons. The van der Waals surface area contributed by atoms with E-state index >= 15 is 0 Å². The number of aromatic nitrogens is 2. The molecular formula is C19H26ClIN6O2. The molecule has 2 heterocycles. The number of nitrogens with zero attached hydrogens (tertiary/aromatic N) is 4. The Morgan fingerprint density at radius 1 is 1.24 bits per heavy atom. The number of halogens is 2. The molecule has 0 atom stereocenters. The number of guanidine groups is 1. The average molecular weight is 533 g/mol. The minimum atomic E-state index is 0. The smallest absolute Gasteiger partial charge is 0.244 e. The topological polar surface area (TPSA) is 95.7 Å². The lowest BCUT2D eigenvalue weighted by molar-refractivity contribution is -0.128. The molecule has 2 aromatic rings. The third-order valence-electron chi connectivity index (χ3n) is 4.38. The van der Waals surface area contributed by atoms with Crippen LogP contribution >= 0.6 is 35.6 Å². The predicted octanol–water partition coefficient (Wildman–Crippen LogP) is 2.73. The summed E-state index contributed by atoms with van der Waals surface area (Å²) in [6, 6.07) is 7.28. The molecule has 0 radical (unpaired) electrons. The second-order valence-corrected chi connectivity index (χ2v) is 6.91. The number of hydrogen-bond acceptors (Lipinski definition) is 5. The number of amides is 1. The van der Waals surface area contributed by atoms with Gasteiger partial charge in [-0.15, -0.1) is 24.0 Å². The zero-order valence-electron chi connectivity index (χ0n) is 16.4. The fourth-order valence-corrected chi connectivity index (χ4v) is 3.04. The molecule has 0 aliphatic carbocycles. The van der Waals surface area contributed by atoms with Crippen molar-refractivity contribution >= 4 is 47.4 Å². The summed E-state index contributed by atoms with van der Waals surface area (Å²) in [5.74, 6) is 1.73. The molecular weight excluding hydrogens is 507 g/mol. The maximum Gasteiger partial charge on any atom is 0.244 e. The number of benzene rings is 1. The van der Waals surface area contributed by atoms with E-state index in [1.807, 2.05) is 24.0 Å². The lowest BCUT2D eigenvalue weighted by atomic mass is 10.2. The standard InChI is InChI=1S/C19H25ClN6O2.HI/c1-2-21-19(23-13-17(27)26-11-3-4-12-26)22-10-9-16-24-18(25-28-16)14-5-7-15(20)8-6-14;/h5-8H,2-4,9-13H2,1H3,(H2,21,22,23);1H. The van der Waals surface area contributed by atoms with E-state index < -0.39 is 0 Å². The van der Waals surface area contributed by atoms with Gasteiger partial charge < -0.3 is 20.1 Å². The minimum Gasteiger partial charge on any atom is -0.357 e. The van der Waals surface area contributed by atoms with Gasteiger partial charge in [0, 0.05) is 43.2 Å². The van der Waals surface area contributed by atoms with Gasteiger partial charge in [-0.25, -0.2) is 4.99 Å². The maximum absolute atomic E-state index is 12.1. The molecule has 1 fully saturated rings. The van der Waals surface area contributed by atoms with Gasteiger partial charge in [0.05, 0.1) is 0 Å². The highest BCUT2D eigenvalue weighted by Gasteiger charge is 2.17. The number of rotatable bonds is 7. The molecule has 0 bridgehead atoms. The van der Waals surface area contributed by atoms with Crippen LogP contribution in [0.1, 0.15) is 25.7 Å². The summed E-state index contributed by atoms with van der Waals surface area (Å²) < 4.78 is 5.30. The third kappa shape index (κ3) is 7.14. The number of carbonyl (C=O) groups is 1. The van der Waals surface area contributed by atoms with Crippen LogP contribution in [-0.4, -0.2) is 59.6 Å². The van der Waals surface area contributed by atoms with Gasteiger partial charge in [0.1, 0.15) is 6.54 Å². The van der Waals surface area contributed by atoms with E-state index in [0.717, 1.165) is 31.5 Å². The molecule has 2 N–H and O–H groups in total. The normalized spacial score (nSPS) is 13.9. The van der Waals surface area contributed by atoms with E-state index in [1.165, 1.54) is 0 Å². The number of likely N-dealkylation sites (tertiary alicyclic amines) is 1. The first kappa shape index (κ1) is 23.4. The van der Waals surface area contributed by atoms with Gasteiger partial charge in [0.15, 0.2) is 5.96 Å². The van der Waals surface area contributed by atoms with Gasteiger partial charge in [-0.2, -0.15) is 4.98 Å². The Kier molecular flexibility index (Phi) is 9.65. The Labute approximate surface area is 192 Å². The van der Waals surface area contributed by atoms with Crippen LogP contribution in [-0.2, 0) is 11.2 Å². The molecule has 0 spiro atoms. The van der Waals surface area contributed by atoms with Crippen molar-refractivity contribution in [2.24, 2.45) is 4.99 Å². The number of nitrogens with one attached hydrogen (secondary N) is 2. The summed E-state index contributed by atoms with van der Waals surface area (Å²) in [7, 11) is 0. The van der Waals surface area contributed by atoms with E-state index in [4.69, 9.17) is 16.1 Å². The number of carbonyl (C=O) groups excluding carboxylic acids is 1. The SMILES string of the molecule is CCNC(=NCC(=O)N1CCCC1)NCCc1nc(-c2ccc(Cl)cc2)no1.I. The monoisotopic (exact) mass is 532 g/mol. The Hall–Kier alpha value is -1.88. The summed E-state index contributed by atoms with van der Waals surface area (Å²) in [5, 5.41) is 11.0. The van der Waals surface area contributed by atoms with Gasteiger partial charge in [0.2, 0.25) is 17.6 Å². The van der Waals surface area contributed by atoms with Gasteiger partial charge in [-0.1, -0.05) is 16.8 Å². The van der Waals surface area contributed by atoms with Crippen molar-refractivity contribution < 1.29 is 9.32 Å². The molecule has 0 unspecified atom stereocenters. The zero-order chi connectivity index (χ0) is 19.8. The van der Waals surface area contributed by atoms with Gasteiger partial charge in [0.25, 0.3) is 0 Å².